The Bertz CT molecular complexity index is 5470. The van der Waals surface area contributed by atoms with Crippen molar-refractivity contribution in [3.63, 3.8) is 0 Å². The standard InChI is InChI=1S/2C14H10O4.C14H8O3.C14H12O.C14H14.C8H8O.C8H9.C7H8.C7H7.14C2H6.2U/c15-13(16)10-7-5-9(6-8-10)11-3-1-2-4-12(11)14(17)18;15-13(16)10-6-7-11(12(8-10)14(17)18)9-4-2-1-3-5-9;15-13-11-4-2-1-3-9(11)10-6-5-8(14(16)17)7-12(10)13;1-11-6-8-12(9-7-11)14-5-3-2-4-13(14)10-15;1-11-8-9-14(12(2)10-11)13-6-4-3-5-7-13;1-7-4-2-3-5-8(7)6-9;1-7-4-3-5-8(2)6-7;2*1-7-5-3-2-4-6-7;14*1-2;;/h2*1-8H,(H,15,16)(H,17,18);1-7H,(H,16,17);2-10H,1H3;3-10H,1-2H3;2-6H,1H3;3-4,6H,1-2H3;2-6H,1H3;3-6H,1H3;14*1-2H3;;/q;;;;;;-1;;-1;;;;;;;;;;;;;;;;. The van der Waals surface area contributed by atoms with Crippen LogP contribution in [0.25, 0.3) is 55.6 Å². The Morgan fingerprint density at radius 2 is 0.524 bits per heavy atom. The van der Waals surface area contributed by atoms with Crippen LogP contribution in [0.1, 0.15) is 327 Å². The molecule has 1 aliphatic rings. The molecular formula is C128H170O13U2-2. The molecule has 0 spiro atoms. The fraction of sp³-hybridized carbons (Fsp3) is 0.281. The molecule has 0 saturated heterocycles. The van der Waals surface area contributed by atoms with E-state index in [4.69, 9.17) is 25.5 Å². The molecule has 0 bridgehead atoms. The van der Waals surface area contributed by atoms with E-state index in [2.05, 4.69) is 126 Å². The molecule has 143 heavy (non-hydrogen) atoms. The van der Waals surface area contributed by atoms with E-state index in [9.17, 15) is 38.4 Å². The molecule has 0 saturated carbocycles. The van der Waals surface area contributed by atoms with Crippen LogP contribution < -0.4 is 0 Å². The number of rotatable bonds is 11. The first-order valence-electron chi connectivity index (χ1n) is 49.8. The number of aromatic carboxylic acids is 5. The third-order valence-corrected chi connectivity index (χ3v) is 17.3. The van der Waals surface area contributed by atoms with Gasteiger partial charge in [0.2, 0.25) is 0 Å². The van der Waals surface area contributed by atoms with Gasteiger partial charge in [-0.15, -0.1) is 0 Å². The Balaban J connectivity index is -0.000000170. The number of carboxylic acid groups (broad SMARTS) is 5. The maximum absolute atomic E-state index is 12.1. The first kappa shape index (κ1) is 151. The zero-order valence-corrected chi connectivity index (χ0v) is 101. The molecule has 0 atom stereocenters. The average Bonchev–Trinajstić information content (AvgIpc) is 1.61. The third kappa shape index (κ3) is 61.9. The van der Waals surface area contributed by atoms with Crippen LogP contribution in [0.5, 0.6) is 0 Å². The summed E-state index contributed by atoms with van der Waals surface area (Å²) in [7, 11) is 0. The smallest absolute Gasteiger partial charge is 0.336 e. The molecule has 0 aliphatic heterocycles. The first-order chi connectivity index (χ1) is 68.4. The predicted octanol–water partition coefficient (Wildman–Crippen LogP) is 37.6. The van der Waals surface area contributed by atoms with Crippen LogP contribution >= 0.6 is 0 Å². The van der Waals surface area contributed by atoms with Crippen LogP contribution in [-0.2, 0) is 0 Å². The van der Waals surface area contributed by atoms with Gasteiger partial charge >= 0.3 is 29.8 Å². The maximum atomic E-state index is 12.1. The normalized spacial score (nSPS) is 8.52. The second kappa shape index (κ2) is 101. The van der Waals surface area contributed by atoms with Crippen molar-refractivity contribution in [2.45, 2.75) is 249 Å². The molecule has 0 unspecified atom stereocenters. The molecule has 0 amide bonds. The topological polar surface area (TPSA) is 238 Å². The zero-order valence-electron chi connectivity index (χ0n) is 92.9. The second-order valence-electron chi connectivity index (χ2n) is 25.9. The summed E-state index contributed by atoms with van der Waals surface area (Å²) in [6.45, 7) is 72.5. The molecule has 14 aromatic rings. The van der Waals surface area contributed by atoms with Crippen LogP contribution in [0.3, 0.4) is 0 Å². The molecule has 15 heteroatoms. The molecule has 0 aromatic heterocycles. The molecule has 13 nitrogen and oxygen atoms in total. The summed E-state index contributed by atoms with van der Waals surface area (Å²) < 4.78 is 0. The summed E-state index contributed by atoms with van der Waals surface area (Å²) in [6, 6.07) is 108. The second-order valence-corrected chi connectivity index (χ2v) is 25.9. The van der Waals surface area contributed by atoms with Gasteiger partial charge in [0.15, 0.2) is 12.1 Å². The van der Waals surface area contributed by atoms with E-state index < -0.39 is 29.8 Å². The van der Waals surface area contributed by atoms with Crippen molar-refractivity contribution >= 4 is 48.2 Å². The molecule has 14 aromatic carbocycles. The summed E-state index contributed by atoms with van der Waals surface area (Å²) >= 11 is 0. The predicted molar refractivity (Wildman–Crippen MR) is 609 cm³/mol. The van der Waals surface area contributed by atoms with Crippen molar-refractivity contribution in [3.05, 3.63) is 440 Å². The number of carbonyl (C=O) groups excluding carboxylic acids is 3. The monoisotopic (exact) mass is 2390 g/mol. The quantitative estimate of drug-likeness (QED) is 0.0599. The van der Waals surface area contributed by atoms with Gasteiger partial charge in [0.25, 0.3) is 0 Å². The maximum Gasteiger partial charge on any atom is 0.336 e. The molecular weight excluding hydrogens is 2220 g/mol. The summed E-state index contributed by atoms with van der Waals surface area (Å²) in [5.74, 6) is -5.41. The van der Waals surface area contributed by atoms with Crippen molar-refractivity contribution < 1.29 is 126 Å². The van der Waals surface area contributed by atoms with Gasteiger partial charge < -0.3 is 25.5 Å². The number of ketones is 1. The van der Waals surface area contributed by atoms with E-state index in [0.29, 0.717) is 27.8 Å². The van der Waals surface area contributed by atoms with E-state index in [1.165, 1.54) is 98.6 Å². The zero-order chi connectivity index (χ0) is 110. The summed E-state index contributed by atoms with van der Waals surface area (Å²) in [6.07, 6.45) is 1.77. The summed E-state index contributed by atoms with van der Waals surface area (Å²) in [5, 5.41) is 44.8. The van der Waals surface area contributed by atoms with E-state index >= 15 is 0 Å². The van der Waals surface area contributed by atoms with Gasteiger partial charge in [0, 0.05) is 84.5 Å². The molecule has 770 valence electrons. The number of aldehydes is 2. The molecule has 0 radical (unpaired) electrons. The summed E-state index contributed by atoms with van der Waals surface area (Å²) in [5.41, 5.74) is 22.1. The van der Waals surface area contributed by atoms with Crippen LogP contribution in [0.4, 0.5) is 0 Å². The minimum absolute atomic E-state index is 0. The van der Waals surface area contributed by atoms with Crippen molar-refractivity contribution in [1.82, 2.24) is 0 Å². The molecule has 0 fully saturated rings. The van der Waals surface area contributed by atoms with Crippen molar-refractivity contribution in [2.24, 2.45) is 0 Å². The Kier molecular flexibility index (Phi) is 107. The Morgan fingerprint density at radius 1 is 0.224 bits per heavy atom. The third-order valence-electron chi connectivity index (χ3n) is 17.3. The number of carbonyl (C=O) groups is 8. The minimum atomic E-state index is -1.14. The number of benzene rings is 14. The number of hydrogen-bond donors (Lipinski definition) is 5. The van der Waals surface area contributed by atoms with Crippen LogP contribution in [0.15, 0.2) is 334 Å². The van der Waals surface area contributed by atoms with Gasteiger partial charge in [-0.3, -0.25) is 14.4 Å². The van der Waals surface area contributed by atoms with Gasteiger partial charge in [-0.25, -0.2) is 24.0 Å². The Morgan fingerprint density at radius 3 is 0.902 bits per heavy atom. The Labute approximate surface area is 911 Å². The van der Waals surface area contributed by atoms with Crippen LogP contribution in [0.2, 0.25) is 0 Å². The number of hydrogen-bond acceptors (Lipinski definition) is 8. The Hall–Kier alpha value is -12.5. The SMILES string of the molecule is CC.CC.CC.CC.CC.CC.CC.CC.CC.CC.CC.CC.CC.CC.Cc1[c-]ccc(C)c1.Cc1cc[c-]cc1.Cc1ccc(-c2ccccc2)c(C)c1.Cc1ccc(-c2ccccc2C=O)cc1.Cc1ccccc1.Cc1ccccc1C=O.O=C(O)c1ccc(-c2ccccc2)c(C(=O)O)c1.O=C(O)c1ccc(-c2ccccc2C(=O)O)cc1.O=C(O)c1ccc2c(c1)C(=O)c1ccccc1-2.[U].[U]. The number of aryl methyl sites for hydroxylation is 8. The molecule has 5 N–H and O–H groups in total. The van der Waals surface area contributed by atoms with Crippen molar-refractivity contribution in [3.8, 4) is 55.6 Å². The van der Waals surface area contributed by atoms with Crippen LogP contribution in [-0.4, -0.2) is 73.7 Å². The molecule has 1 aliphatic carbocycles. The minimum Gasteiger partial charge on any atom is -0.478 e. The number of carboxylic acids is 5. The van der Waals surface area contributed by atoms with E-state index in [0.717, 1.165) is 57.1 Å². The van der Waals surface area contributed by atoms with Gasteiger partial charge in [-0.05, 0) is 144 Å². The summed E-state index contributed by atoms with van der Waals surface area (Å²) in [4.78, 5) is 87.8. The number of fused-ring (bicyclic) bond motifs is 3. The molecule has 15 rings (SSSR count). The van der Waals surface area contributed by atoms with Gasteiger partial charge in [0.05, 0.1) is 27.8 Å². The average molecular weight is 2390 g/mol. The fourth-order valence-electron chi connectivity index (χ4n) is 11.4. The van der Waals surface area contributed by atoms with E-state index in [-0.39, 0.29) is 95.8 Å². The van der Waals surface area contributed by atoms with Gasteiger partial charge in [-0.1, -0.05) is 480 Å². The molecule has 0 heterocycles. The van der Waals surface area contributed by atoms with Gasteiger partial charge in [0.1, 0.15) is 6.29 Å². The van der Waals surface area contributed by atoms with Crippen molar-refractivity contribution in [1.29, 1.82) is 0 Å². The van der Waals surface area contributed by atoms with Crippen molar-refractivity contribution in [2.75, 3.05) is 0 Å². The largest absolute Gasteiger partial charge is 0.478 e. The fourth-order valence-corrected chi connectivity index (χ4v) is 11.4. The first-order valence-corrected chi connectivity index (χ1v) is 49.8. The van der Waals surface area contributed by atoms with Crippen LogP contribution in [0, 0.1) is 130 Å². The van der Waals surface area contributed by atoms with E-state index in [1.54, 1.807) is 72.8 Å². The van der Waals surface area contributed by atoms with Gasteiger partial charge in [-0.2, -0.15) is 71.3 Å². The van der Waals surface area contributed by atoms with E-state index in [1.807, 2.05) is 347 Å².